The molecule has 0 unspecified atom stereocenters. The summed E-state index contributed by atoms with van der Waals surface area (Å²) in [5.41, 5.74) is 2.87. The van der Waals surface area contributed by atoms with Gasteiger partial charge in [-0.05, 0) is 107 Å². The van der Waals surface area contributed by atoms with Gasteiger partial charge in [-0.25, -0.2) is 23.4 Å². The van der Waals surface area contributed by atoms with E-state index in [4.69, 9.17) is 19.4 Å². The number of amides is 3. The molecule has 390 valence electrons. The Morgan fingerprint density at radius 3 is 2.49 bits per heavy atom. The van der Waals surface area contributed by atoms with Crippen molar-refractivity contribution >= 4 is 67.3 Å². The van der Waals surface area contributed by atoms with Crippen molar-refractivity contribution in [1.82, 2.24) is 29.5 Å². The molecular weight excluding hydrogens is 977 g/mol. The molecule has 2 aromatic carbocycles. The summed E-state index contributed by atoms with van der Waals surface area (Å²) in [7, 11) is -2.37. The van der Waals surface area contributed by atoms with Crippen molar-refractivity contribution in [1.29, 1.82) is 0 Å². The quantitative estimate of drug-likeness (QED) is 0.113. The predicted molar refractivity (Wildman–Crippen MR) is 286 cm³/mol. The second kappa shape index (κ2) is 20.7. The minimum atomic E-state index is -3.99. The van der Waals surface area contributed by atoms with E-state index in [2.05, 4.69) is 33.8 Å². The fourth-order valence-corrected chi connectivity index (χ4v) is 13.0. The molecule has 16 nitrogen and oxygen atoms in total. The fourth-order valence-electron chi connectivity index (χ4n) is 10.7. The zero-order valence-electron chi connectivity index (χ0n) is 42.8. The molecule has 5 atom stereocenters. The normalized spacial score (nSPS) is 24.6. The van der Waals surface area contributed by atoms with Gasteiger partial charge in [0.25, 0.3) is 5.91 Å². The minimum absolute atomic E-state index is 0.0642. The van der Waals surface area contributed by atoms with Crippen LogP contribution >= 0.6 is 11.3 Å². The Labute approximate surface area is 437 Å². The number of rotatable bonds is 12. The van der Waals surface area contributed by atoms with Crippen molar-refractivity contribution in [2.45, 2.75) is 121 Å². The van der Waals surface area contributed by atoms with Gasteiger partial charge in [-0.2, -0.15) is 0 Å². The van der Waals surface area contributed by atoms with Gasteiger partial charge in [-0.15, -0.1) is 11.3 Å². The van der Waals surface area contributed by atoms with Crippen molar-refractivity contribution in [3.63, 3.8) is 0 Å². The number of carbonyl (C=O) groups excluding carboxylic acids is 4. The monoisotopic (exact) mass is 1040 g/mol. The first-order valence-electron chi connectivity index (χ1n) is 26.1. The fraction of sp³-hybridized carbons (Fsp3) is 0.482. The molecule has 4 fully saturated rings. The number of benzene rings is 2. The number of carbonyl (C=O) groups is 4. The standard InChI is InChI=1S/C56H66N8O8S2/c1-35(2)44-34-73-51(60-44)43-30-48(41-19-20-47(71-5)36(3)50(41)59-43)72-40-29-45-46(65)32-56(54(68)61-74(69,70)55(4)21-22-55)31-38(56)15-9-7-6-8-10-17-42(53(67)64(45)33-40)58-39-16-13-14-37(28-39)52(66)63-26-24-62(25-27-63)49-18-11-12-23-57-49/h9,11-16,18-20,23,28,30,34-35,38,40,42,45,58H,6-8,10,17,21-22,24-27,29,31-33H2,1-5H3,(H,61,68)/b15-9-/t38-,40-,42+,45+,56-/m1/s1. The number of hydrogen-bond donors (Lipinski definition) is 2. The number of nitrogens with one attached hydrogen (secondary N) is 2. The molecule has 2 aliphatic carbocycles. The molecule has 3 aromatic heterocycles. The first kappa shape index (κ1) is 51.1. The molecule has 2 saturated heterocycles. The molecule has 5 aliphatic rings. The zero-order valence-corrected chi connectivity index (χ0v) is 44.5. The molecule has 0 radical (unpaired) electrons. The molecule has 0 spiro atoms. The number of thiazole rings is 1. The number of aryl methyl sites for hydroxylation is 1. The van der Waals surface area contributed by atoms with Crippen LogP contribution in [-0.4, -0.2) is 119 Å². The number of aromatic nitrogens is 3. The SMILES string of the molecule is COc1ccc2c(O[C@@H]3C[C@H]4C(=O)C[C@]5(C(=O)NS(=O)(=O)C6(C)CC6)C[C@H]5/C=C\CCCCC[C@H](Nc5cccc(C(=O)N6CCN(c7ccccn7)CC6)c5)C(=O)N4C3)cc(-c3nc(C(C)C)cs3)nc2c1C. The number of nitrogens with zero attached hydrogens (tertiary/aromatic N) is 6. The third-order valence-electron chi connectivity index (χ3n) is 15.8. The van der Waals surface area contributed by atoms with Crippen LogP contribution in [0.5, 0.6) is 11.5 Å². The lowest BCUT2D eigenvalue weighted by molar-refractivity contribution is -0.139. The lowest BCUT2D eigenvalue weighted by atomic mass is 9.91. The summed E-state index contributed by atoms with van der Waals surface area (Å²) in [6.45, 7) is 10.2. The van der Waals surface area contributed by atoms with E-state index in [0.29, 0.717) is 92.2 Å². The molecule has 10 rings (SSSR count). The van der Waals surface area contributed by atoms with Gasteiger partial charge in [-0.3, -0.25) is 23.9 Å². The summed E-state index contributed by atoms with van der Waals surface area (Å²) in [4.78, 5) is 79.0. The molecule has 2 N–H and O–H groups in total. The highest BCUT2D eigenvalue weighted by Gasteiger charge is 2.62. The molecule has 6 heterocycles. The number of methoxy groups -OCH3 is 1. The number of piperazine rings is 1. The Morgan fingerprint density at radius 1 is 0.946 bits per heavy atom. The van der Waals surface area contributed by atoms with Gasteiger partial charge in [0.1, 0.15) is 40.2 Å². The van der Waals surface area contributed by atoms with E-state index in [1.807, 2.05) is 77.9 Å². The molecule has 2 saturated carbocycles. The van der Waals surface area contributed by atoms with E-state index in [1.54, 1.807) is 37.3 Å². The molecule has 18 heteroatoms. The van der Waals surface area contributed by atoms with E-state index in [1.165, 1.54) is 11.3 Å². The Kier molecular flexibility index (Phi) is 14.3. The topological polar surface area (TPSA) is 193 Å². The number of ketones is 1. The number of sulfonamides is 1. The van der Waals surface area contributed by atoms with Crippen molar-refractivity contribution in [2.24, 2.45) is 11.3 Å². The van der Waals surface area contributed by atoms with Gasteiger partial charge >= 0.3 is 0 Å². The lowest BCUT2D eigenvalue weighted by Crippen LogP contribution is -2.49. The largest absolute Gasteiger partial charge is 0.496 e. The smallest absolute Gasteiger partial charge is 0.254 e. The highest BCUT2D eigenvalue weighted by atomic mass is 32.2. The number of hydrogen-bond acceptors (Lipinski definition) is 14. The maximum atomic E-state index is 15.4. The number of ether oxygens (including phenoxy) is 2. The van der Waals surface area contributed by atoms with E-state index in [0.717, 1.165) is 46.7 Å². The van der Waals surface area contributed by atoms with Crippen LogP contribution in [0.2, 0.25) is 0 Å². The van der Waals surface area contributed by atoms with Gasteiger partial charge in [0.2, 0.25) is 21.8 Å². The van der Waals surface area contributed by atoms with Gasteiger partial charge < -0.3 is 29.5 Å². The second-order valence-electron chi connectivity index (χ2n) is 21.3. The summed E-state index contributed by atoms with van der Waals surface area (Å²) >= 11 is 1.50. The van der Waals surface area contributed by atoms with Crippen LogP contribution in [0.3, 0.4) is 0 Å². The van der Waals surface area contributed by atoms with Crippen molar-refractivity contribution in [3.8, 4) is 22.2 Å². The highest BCUT2D eigenvalue weighted by Crippen LogP contribution is 2.58. The summed E-state index contributed by atoms with van der Waals surface area (Å²) in [5, 5.41) is 6.99. The number of Topliss-reactive ketones (excluding diaryl/α,β-unsaturated/α-hetero) is 1. The van der Waals surface area contributed by atoms with E-state index in [-0.39, 0.29) is 48.8 Å². The Balaban J connectivity index is 0.960. The van der Waals surface area contributed by atoms with E-state index < -0.39 is 44.3 Å². The molecule has 74 heavy (non-hydrogen) atoms. The third-order valence-corrected chi connectivity index (χ3v) is 18.9. The number of anilines is 2. The van der Waals surface area contributed by atoms with Crippen LogP contribution in [0, 0.1) is 18.3 Å². The number of allylic oxidation sites excluding steroid dienone is 2. The van der Waals surface area contributed by atoms with Crippen LogP contribution in [-0.2, 0) is 24.4 Å². The first-order chi connectivity index (χ1) is 35.6. The van der Waals surface area contributed by atoms with Gasteiger partial charge in [0, 0.05) is 78.9 Å². The van der Waals surface area contributed by atoms with Gasteiger partial charge in [0.05, 0.1) is 41.1 Å². The average molecular weight is 1040 g/mol. The Bertz CT molecular complexity index is 3100. The van der Waals surface area contributed by atoms with E-state index in [9.17, 15) is 18.0 Å². The summed E-state index contributed by atoms with van der Waals surface area (Å²) < 4.78 is 41.0. The van der Waals surface area contributed by atoms with E-state index >= 15 is 9.59 Å². The number of pyridine rings is 2. The molecular formula is C56H66N8O8S2. The molecule has 5 aromatic rings. The maximum absolute atomic E-state index is 15.4. The maximum Gasteiger partial charge on any atom is 0.254 e. The Morgan fingerprint density at radius 2 is 1.76 bits per heavy atom. The van der Waals surface area contributed by atoms with Crippen LogP contribution in [0.15, 0.2) is 84.4 Å². The van der Waals surface area contributed by atoms with Crippen molar-refractivity contribution in [3.05, 3.63) is 101 Å². The van der Waals surface area contributed by atoms with Crippen LogP contribution in [0.25, 0.3) is 21.6 Å². The van der Waals surface area contributed by atoms with Crippen molar-refractivity contribution < 1.29 is 37.1 Å². The molecule has 3 amide bonds. The molecule has 0 bridgehead atoms. The highest BCUT2D eigenvalue weighted by molar-refractivity contribution is 7.91. The third kappa shape index (κ3) is 10.4. The minimum Gasteiger partial charge on any atom is -0.496 e. The summed E-state index contributed by atoms with van der Waals surface area (Å²) in [6, 6.07) is 16.9. The van der Waals surface area contributed by atoms with Gasteiger partial charge in [-0.1, -0.05) is 51.0 Å². The zero-order chi connectivity index (χ0) is 51.9. The predicted octanol–water partition coefficient (Wildman–Crippen LogP) is 8.47. The summed E-state index contributed by atoms with van der Waals surface area (Å²) in [6.07, 6.45) is 9.77. The second-order valence-corrected chi connectivity index (χ2v) is 24.4. The van der Waals surface area contributed by atoms with Crippen LogP contribution in [0.1, 0.15) is 113 Å². The number of fused-ring (bicyclic) bond motifs is 3. The van der Waals surface area contributed by atoms with Crippen LogP contribution < -0.4 is 24.4 Å². The first-order valence-corrected chi connectivity index (χ1v) is 28.4. The molecule has 3 aliphatic heterocycles. The summed E-state index contributed by atoms with van der Waals surface area (Å²) in [5.74, 6) is 0.521. The lowest BCUT2D eigenvalue weighted by Gasteiger charge is -2.35. The van der Waals surface area contributed by atoms with Crippen molar-refractivity contribution in [2.75, 3.05) is 50.1 Å². The Hall–Kier alpha value is -6.40. The van der Waals surface area contributed by atoms with Crippen LogP contribution in [0.4, 0.5) is 11.5 Å². The average Bonchev–Trinajstić information content (AvgIpc) is 4.18. The van der Waals surface area contributed by atoms with Gasteiger partial charge in [0.15, 0.2) is 5.78 Å².